The lowest BCUT2D eigenvalue weighted by Crippen LogP contribution is -2.55. The van der Waals surface area contributed by atoms with Crippen molar-refractivity contribution in [2.24, 2.45) is 5.92 Å². The molecule has 1 saturated heterocycles. The van der Waals surface area contributed by atoms with E-state index in [0.29, 0.717) is 26.2 Å². The molecule has 3 rings (SSSR count). The summed E-state index contributed by atoms with van der Waals surface area (Å²) in [6.07, 6.45) is 10.4. The maximum absolute atomic E-state index is 13.8. The summed E-state index contributed by atoms with van der Waals surface area (Å²) in [5.41, 5.74) is -0.280. The van der Waals surface area contributed by atoms with Gasteiger partial charge < -0.3 is 29.6 Å². The van der Waals surface area contributed by atoms with Crippen LogP contribution in [-0.2, 0) is 23.4 Å². The van der Waals surface area contributed by atoms with Gasteiger partial charge in [0.25, 0.3) is 5.91 Å². The van der Waals surface area contributed by atoms with Crippen molar-refractivity contribution in [1.82, 2.24) is 30.8 Å². The largest absolute Gasteiger partial charge is 0.537 e. The number of rotatable bonds is 15. The molecule has 0 radical (unpaired) electrons. The predicted molar refractivity (Wildman–Crippen MR) is 196 cm³/mol. The zero-order valence-electron chi connectivity index (χ0n) is 29.4. The molecular weight excluding hydrogens is 697 g/mol. The van der Waals surface area contributed by atoms with E-state index < -0.39 is 58.7 Å². The minimum absolute atomic E-state index is 0.0836. The number of benzene rings is 1. The van der Waals surface area contributed by atoms with Gasteiger partial charge in [-0.15, -0.1) is 0 Å². The quantitative estimate of drug-likeness (QED) is 0.131. The smallest absolute Gasteiger partial charge is 0.448 e. The number of nitrogens with one attached hydrogen (secondary N) is 3. The van der Waals surface area contributed by atoms with E-state index in [1.807, 2.05) is 30.3 Å². The summed E-state index contributed by atoms with van der Waals surface area (Å²) in [6.45, 7) is 8.32. The van der Waals surface area contributed by atoms with Crippen LogP contribution in [0.3, 0.4) is 0 Å². The van der Waals surface area contributed by atoms with Gasteiger partial charge in [0, 0.05) is 32.2 Å². The van der Waals surface area contributed by atoms with E-state index in [1.165, 1.54) is 25.3 Å². The molecule has 0 aliphatic carbocycles. The van der Waals surface area contributed by atoms with Crippen molar-refractivity contribution in [2.75, 3.05) is 46.1 Å². The number of nitrogens with zero attached hydrogens (tertiary/aromatic N) is 3. The van der Waals surface area contributed by atoms with Gasteiger partial charge in [-0.05, 0) is 67.9 Å². The van der Waals surface area contributed by atoms with Crippen molar-refractivity contribution in [1.29, 1.82) is 0 Å². The average Bonchev–Trinajstić information content (AvgIpc) is 3.10. The normalized spacial score (nSPS) is 17.7. The third-order valence-electron chi connectivity index (χ3n) is 7.78. The molecule has 0 saturated carbocycles. The van der Waals surface area contributed by atoms with E-state index in [-0.39, 0.29) is 18.2 Å². The van der Waals surface area contributed by atoms with Gasteiger partial charge in [0.1, 0.15) is 26.5 Å². The average molecular weight is 748 g/mol. The van der Waals surface area contributed by atoms with Crippen molar-refractivity contribution in [3.63, 3.8) is 0 Å². The van der Waals surface area contributed by atoms with Crippen molar-refractivity contribution < 1.29 is 42.8 Å². The van der Waals surface area contributed by atoms with E-state index in [9.17, 15) is 28.7 Å². The maximum atomic E-state index is 13.8. The van der Waals surface area contributed by atoms with Crippen molar-refractivity contribution in [3.8, 4) is 0 Å². The summed E-state index contributed by atoms with van der Waals surface area (Å²) in [4.78, 5) is 68.1. The molecule has 4 unspecified atom stereocenters. The molecule has 1 aromatic carbocycles. The molecule has 278 valence electrons. The lowest BCUT2D eigenvalue weighted by molar-refractivity contribution is -0.122. The Hall–Kier alpha value is -3.36. The summed E-state index contributed by atoms with van der Waals surface area (Å²) in [7, 11) is -5.32. The number of ether oxygens (including phenoxy) is 1. The van der Waals surface area contributed by atoms with Crippen molar-refractivity contribution >= 4 is 47.3 Å². The van der Waals surface area contributed by atoms with Crippen LogP contribution in [0.1, 0.15) is 62.0 Å². The fourth-order valence-corrected chi connectivity index (χ4v) is 6.87. The lowest BCUT2D eigenvalue weighted by atomic mass is 9.73. The summed E-state index contributed by atoms with van der Waals surface area (Å²) < 4.78 is 29.1. The van der Waals surface area contributed by atoms with E-state index in [0.717, 1.165) is 44.3 Å². The number of carbonyl (C=O) groups excluding carboxylic acids is 3. The molecule has 3 amide bonds. The van der Waals surface area contributed by atoms with Gasteiger partial charge in [-0.25, -0.2) is 9.78 Å². The van der Waals surface area contributed by atoms with Gasteiger partial charge in [-0.1, -0.05) is 56.3 Å². The van der Waals surface area contributed by atoms with Crippen molar-refractivity contribution in [3.05, 3.63) is 66.3 Å². The van der Waals surface area contributed by atoms with Crippen LogP contribution < -0.4 is 16.0 Å². The number of alkyl carbamates (subject to hydrolysis) is 1. The third kappa shape index (κ3) is 16.2. The molecule has 1 aliphatic heterocycles. The first-order chi connectivity index (χ1) is 24.5. The molecule has 5 atom stereocenters. The topological polar surface area (TPSA) is 202 Å². The molecule has 1 aromatic heterocycles. The number of hydrogen-bond donors (Lipinski definition) is 5. The Kier molecular flexibility index (Phi) is 19.2. The first-order valence-corrected chi connectivity index (χ1v) is 20.2. The minimum Gasteiger partial charge on any atom is -0.448 e. The molecule has 18 heteroatoms. The van der Waals surface area contributed by atoms with Crippen LogP contribution in [-0.4, -0.2) is 113 Å². The zero-order valence-corrected chi connectivity index (χ0v) is 31.2. The Morgan fingerprint density at radius 2 is 1.75 bits per heavy atom. The van der Waals surface area contributed by atoms with Gasteiger partial charge in [0.05, 0.1) is 12.1 Å². The number of aromatic nitrogens is 2. The van der Waals surface area contributed by atoms with Crippen molar-refractivity contribution in [2.45, 2.75) is 63.5 Å². The highest BCUT2D eigenvalue weighted by Crippen LogP contribution is 2.43. The molecule has 51 heavy (non-hydrogen) atoms. The Balaban J connectivity index is 1.60. The van der Waals surface area contributed by atoms with Crippen LogP contribution in [0.5, 0.6) is 0 Å². The van der Waals surface area contributed by atoms with Gasteiger partial charge in [-0.2, -0.15) is 4.89 Å². The first kappa shape index (κ1) is 42.1. The molecule has 0 bridgehead atoms. The predicted octanol–water partition coefficient (Wildman–Crippen LogP) is 3.52. The summed E-state index contributed by atoms with van der Waals surface area (Å²) >= 11 is 0. The molecular formula is C33H50BN6O9P2+. The molecule has 15 nitrogen and oxygen atoms in total. The SMILES string of the molecule is CC(C)C[C@@H](NC(=O)C(/C=C/c1ccccc1)NC(=O)c1cnccn1)B1OCCCCN(CCOC(=O)NC(P(C)O)[P+](=O)O)CCCCO1. The molecule has 0 spiro atoms. The van der Waals surface area contributed by atoms with Crippen LogP contribution in [0.15, 0.2) is 55.0 Å². The van der Waals surface area contributed by atoms with Gasteiger partial charge >= 0.3 is 26.8 Å². The highest BCUT2D eigenvalue weighted by Gasteiger charge is 2.37. The standard InChI is InChI=1S/C33H49BN6O9P2/c1-25(2)23-29(38-30(41)27(14-13-26-11-5-4-6-12-26)37-31(42)28-24-35-15-16-36-28)34-48-20-9-7-17-40(18-8-10-21-49-34)19-22-47-32(43)39-33(50(3)44)51(45)46/h4-6,11-16,24-25,27,29,33,44H,7-10,17-23H2,1-3H3,(H3-,37,38,39,41,42,43,45,46)/p+1/b14-13+/t27?,29-,33?,50?/m1/s1. The van der Waals surface area contributed by atoms with Gasteiger partial charge in [0.2, 0.25) is 5.91 Å². The highest BCUT2D eigenvalue weighted by molar-refractivity contribution is 7.64. The Bertz CT molecular complexity index is 1380. The number of carbonyl (C=O) groups is 3. The second-order valence-corrected chi connectivity index (χ2v) is 15.6. The van der Waals surface area contributed by atoms with Crippen LogP contribution in [0.4, 0.5) is 4.79 Å². The second-order valence-electron chi connectivity index (χ2n) is 12.5. The number of hydrogen-bond acceptors (Lipinski definition) is 11. The molecule has 2 aromatic rings. The fourth-order valence-electron chi connectivity index (χ4n) is 5.22. The Morgan fingerprint density at radius 1 is 1.06 bits per heavy atom. The molecule has 1 fully saturated rings. The number of amides is 3. The second kappa shape index (κ2) is 23.3. The summed E-state index contributed by atoms with van der Waals surface area (Å²) in [5.74, 6) is -1.23. The summed E-state index contributed by atoms with van der Waals surface area (Å²) in [6, 6.07) is 8.46. The lowest BCUT2D eigenvalue weighted by Gasteiger charge is -2.28. The first-order valence-electron chi connectivity index (χ1n) is 17.1. The molecule has 1 aliphatic rings. The van der Waals surface area contributed by atoms with E-state index >= 15 is 0 Å². The fraction of sp³-hybridized carbons (Fsp3) is 0.545. The minimum atomic E-state index is -2.78. The Labute approximate surface area is 302 Å². The summed E-state index contributed by atoms with van der Waals surface area (Å²) in [5, 5.41) is 8.13. The van der Waals surface area contributed by atoms with Crippen LogP contribution in [0.25, 0.3) is 6.08 Å². The Morgan fingerprint density at radius 3 is 2.33 bits per heavy atom. The van der Waals surface area contributed by atoms with E-state index in [1.54, 1.807) is 12.2 Å². The van der Waals surface area contributed by atoms with Gasteiger partial charge in [-0.3, -0.25) is 24.8 Å². The van der Waals surface area contributed by atoms with E-state index in [4.69, 9.17) is 14.0 Å². The molecule has 5 N–H and O–H groups in total. The van der Waals surface area contributed by atoms with E-state index in [2.05, 4.69) is 44.7 Å². The highest BCUT2D eigenvalue weighted by atomic mass is 31.2. The van der Waals surface area contributed by atoms with Crippen LogP contribution in [0, 0.1) is 5.92 Å². The van der Waals surface area contributed by atoms with Gasteiger partial charge in [0.15, 0.2) is 0 Å². The third-order valence-corrected chi connectivity index (χ3v) is 10.8. The zero-order chi connectivity index (χ0) is 37.0. The molecule has 2 heterocycles. The monoisotopic (exact) mass is 747 g/mol. The van der Waals surface area contributed by atoms with Crippen LogP contribution in [0.2, 0.25) is 0 Å². The maximum Gasteiger partial charge on any atom is 0.537 e. The van der Waals surface area contributed by atoms with Crippen LogP contribution >= 0.6 is 16.2 Å².